The molecule has 2 N–H and O–H groups in total. The average Bonchev–Trinajstić information content (AvgIpc) is 2.66. The molecule has 2 aliphatic rings. The van der Waals surface area contributed by atoms with Crippen LogP contribution in [0.1, 0.15) is 43.7 Å². The van der Waals surface area contributed by atoms with Crippen LogP contribution in [0.4, 0.5) is 0 Å². The number of guanidine groups is 1. The number of halogens is 1. The first-order chi connectivity index (χ1) is 13.2. The zero-order valence-electron chi connectivity index (χ0n) is 17.5. The normalized spacial score (nSPS) is 18.6. The zero-order chi connectivity index (χ0) is 19.0. The van der Waals surface area contributed by atoms with Crippen molar-refractivity contribution in [1.82, 2.24) is 15.5 Å². The third kappa shape index (κ3) is 6.59. The summed E-state index contributed by atoms with van der Waals surface area (Å²) in [6.45, 7) is 8.96. The number of hydrogen-bond acceptors (Lipinski definition) is 3. The van der Waals surface area contributed by atoms with E-state index in [4.69, 9.17) is 9.73 Å². The van der Waals surface area contributed by atoms with Gasteiger partial charge in [-0.2, -0.15) is 0 Å². The SMILES string of the molecule is CCNC(=NCC1(CCOC)CCC1)NCCN1CCc2ccccc2C1.I. The van der Waals surface area contributed by atoms with Gasteiger partial charge in [-0.25, -0.2) is 0 Å². The van der Waals surface area contributed by atoms with Gasteiger partial charge in [-0.1, -0.05) is 30.7 Å². The molecule has 0 unspecified atom stereocenters. The van der Waals surface area contributed by atoms with Crippen molar-refractivity contribution in [2.24, 2.45) is 10.4 Å². The van der Waals surface area contributed by atoms with Crippen LogP contribution in [-0.4, -0.2) is 57.3 Å². The van der Waals surface area contributed by atoms with Gasteiger partial charge < -0.3 is 15.4 Å². The highest BCUT2D eigenvalue weighted by atomic mass is 127. The number of nitrogens with zero attached hydrogens (tertiary/aromatic N) is 2. The molecule has 0 amide bonds. The van der Waals surface area contributed by atoms with Gasteiger partial charge in [-0.15, -0.1) is 24.0 Å². The lowest BCUT2D eigenvalue weighted by atomic mass is 9.67. The molecule has 3 rings (SSSR count). The monoisotopic (exact) mass is 500 g/mol. The molecule has 1 aliphatic heterocycles. The van der Waals surface area contributed by atoms with Gasteiger partial charge in [0.25, 0.3) is 0 Å². The molecule has 0 saturated heterocycles. The lowest BCUT2D eigenvalue weighted by molar-refractivity contribution is 0.0778. The van der Waals surface area contributed by atoms with Crippen LogP contribution in [0.2, 0.25) is 0 Å². The molecule has 6 heteroatoms. The Hall–Kier alpha value is -0.860. The first-order valence-corrected chi connectivity index (χ1v) is 10.5. The van der Waals surface area contributed by atoms with Crippen molar-refractivity contribution in [3.05, 3.63) is 35.4 Å². The Kier molecular flexibility index (Phi) is 10.0. The summed E-state index contributed by atoms with van der Waals surface area (Å²) >= 11 is 0. The minimum atomic E-state index is 0. The molecule has 1 saturated carbocycles. The second kappa shape index (κ2) is 12.0. The van der Waals surface area contributed by atoms with E-state index in [9.17, 15) is 0 Å². The number of nitrogens with one attached hydrogen (secondary N) is 2. The standard InChI is InChI=1S/C22H36N4O.HI/c1-3-23-21(25-18-22(10-6-11-22)12-16-27-2)24-13-15-26-14-9-19-7-4-5-8-20(19)17-26;/h4-5,7-8H,3,6,9-18H2,1-2H3,(H2,23,24,25);1H. The van der Waals surface area contributed by atoms with Crippen molar-refractivity contribution in [1.29, 1.82) is 0 Å². The number of fused-ring (bicyclic) bond motifs is 1. The van der Waals surface area contributed by atoms with Crippen LogP contribution < -0.4 is 10.6 Å². The fourth-order valence-corrected chi connectivity index (χ4v) is 4.15. The molecule has 0 bridgehead atoms. The highest BCUT2D eigenvalue weighted by Crippen LogP contribution is 2.44. The Morgan fingerprint density at radius 3 is 2.68 bits per heavy atom. The zero-order valence-corrected chi connectivity index (χ0v) is 19.8. The third-order valence-corrected chi connectivity index (χ3v) is 6.10. The summed E-state index contributed by atoms with van der Waals surface area (Å²) in [6, 6.07) is 8.83. The van der Waals surface area contributed by atoms with Crippen molar-refractivity contribution in [2.75, 3.05) is 46.4 Å². The van der Waals surface area contributed by atoms with Crippen molar-refractivity contribution >= 4 is 29.9 Å². The number of methoxy groups -OCH3 is 1. The number of aliphatic imine (C=N–C) groups is 1. The number of hydrogen-bond donors (Lipinski definition) is 2. The molecule has 0 aromatic heterocycles. The summed E-state index contributed by atoms with van der Waals surface area (Å²) in [7, 11) is 1.79. The van der Waals surface area contributed by atoms with Crippen molar-refractivity contribution in [2.45, 2.75) is 45.6 Å². The second-order valence-corrected chi connectivity index (χ2v) is 8.01. The molecule has 0 atom stereocenters. The Bertz CT molecular complexity index is 618. The molecule has 1 aromatic carbocycles. The van der Waals surface area contributed by atoms with E-state index in [1.54, 1.807) is 7.11 Å². The van der Waals surface area contributed by atoms with Crippen molar-refractivity contribution in [3.8, 4) is 0 Å². The predicted octanol–water partition coefficient (Wildman–Crippen LogP) is 3.42. The first kappa shape index (κ1) is 23.4. The Labute approximate surface area is 187 Å². The summed E-state index contributed by atoms with van der Waals surface area (Å²) in [4.78, 5) is 7.43. The minimum absolute atomic E-state index is 0. The quantitative estimate of drug-likeness (QED) is 0.310. The van der Waals surface area contributed by atoms with E-state index in [2.05, 4.69) is 46.7 Å². The van der Waals surface area contributed by atoms with Gasteiger partial charge in [-0.05, 0) is 49.1 Å². The van der Waals surface area contributed by atoms with Crippen LogP contribution in [0.3, 0.4) is 0 Å². The highest BCUT2D eigenvalue weighted by molar-refractivity contribution is 14.0. The lowest BCUT2D eigenvalue weighted by Gasteiger charge is -2.40. The van der Waals surface area contributed by atoms with E-state index in [-0.39, 0.29) is 24.0 Å². The number of ether oxygens (including phenoxy) is 1. The van der Waals surface area contributed by atoms with Crippen molar-refractivity contribution < 1.29 is 4.74 Å². The largest absolute Gasteiger partial charge is 0.385 e. The topological polar surface area (TPSA) is 48.9 Å². The Balaban J connectivity index is 0.00000280. The minimum Gasteiger partial charge on any atom is -0.385 e. The molecule has 1 heterocycles. The number of rotatable bonds is 9. The summed E-state index contributed by atoms with van der Waals surface area (Å²) in [6.07, 6.45) is 6.19. The molecule has 1 fully saturated rings. The van der Waals surface area contributed by atoms with Crippen LogP contribution >= 0.6 is 24.0 Å². The highest BCUT2D eigenvalue weighted by Gasteiger charge is 2.36. The van der Waals surface area contributed by atoms with Crippen LogP contribution in [0.15, 0.2) is 29.3 Å². The van der Waals surface area contributed by atoms with E-state index < -0.39 is 0 Å². The lowest BCUT2D eigenvalue weighted by Crippen LogP contribution is -2.43. The maximum Gasteiger partial charge on any atom is 0.191 e. The summed E-state index contributed by atoms with van der Waals surface area (Å²) in [5.41, 5.74) is 3.36. The first-order valence-electron chi connectivity index (χ1n) is 10.5. The molecule has 1 aliphatic carbocycles. The van der Waals surface area contributed by atoms with E-state index in [1.807, 2.05) is 0 Å². The third-order valence-electron chi connectivity index (χ3n) is 6.10. The predicted molar refractivity (Wildman–Crippen MR) is 128 cm³/mol. The van der Waals surface area contributed by atoms with Gasteiger partial charge >= 0.3 is 0 Å². The fourth-order valence-electron chi connectivity index (χ4n) is 4.15. The van der Waals surface area contributed by atoms with Crippen molar-refractivity contribution in [3.63, 3.8) is 0 Å². The molecule has 0 radical (unpaired) electrons. The Morgan fingerprint density at radius 1 is 1.21 bits per heavy atom. The maximum absolute atomic E-state index is 5.30. The molecule has 1 aromatic rings. The van der Waals surface area contributed by atoms with Gasteiger partial charge in [-0.3, -0.25) is 9.89 Å². The van der Waals surface area contributed by atoms with E-state index in [1.165, 1.54) is 30.4 Å². The van der Waals surface area contributed by atoms with Gasteiger partial charge in [0.15, 0.2) is 5.96 Å². The fraction of sp³-hybridized carbons (Fsp3) is 0.682. The van der Waals surface area contributed by atoms with Gasteiger partial charge in [0.1, 0.15) is 0 Å². The second-order valence-electron chi connectivity index (χ2n) is 8.01. The van der Waals surface area contributed by atoms with Crippen LogP contribution in [-0.2, 0) is 17.7 Å². The smallest absolute Gasteiger partial charge is 0.191 e. The van der Waals surface area contributed by atoms with E-state index in [0.29, 0.717) is 5.41 Å². The molecule has 28 heavy (non-hydrogen) atoms. The summed E-state index contributed by atoms with van der Waals surface area (Å²) in [5, 5.41) is 6.94. The molecular formula is C22H37IN4O. The average molecular weight is 500 g/mol. The van der Waals surface area contributed by atoms with E-state index in [0.717, 1.165) is 64.7 Å². The van der Waals surface area contributed by atoms with Crippen LogP contribution in [0.25, 0.3) is 0 Å². The van der Waals surface area contributed by atoms with Crippen LogP contribution in [0, 0.1) is 5.41 Å². The molecule has 158 valence electrons. The van der Waals surface area contributed by atoms with Gasteiger partial charge in [0, 0.05) is 53.0 Å². The maximum atomic E-state index is 5.30. The van der Waals surface area contributed by atoms with E-state index >= 15 is 0 Å². The molecule has 5 nitrogen and oxygen atoms in total. The number of benzene rings is 1. The summed E-state index contributed by atoms with van der Waals surface area (Å²) in [5.74, 6) is 0.957. The molecule has 0 spiro atoms. The van der Waals surface area contributed by atoms with Gasteiger partial charge in [0.2, 0.25) is 0 Å². The van der Waals surface area contributed by atoms with Gasteiger partial charge in [0.05, 0.1) is 0 Å². The summed E-state index contributed by atoms with van der Waals surface area (Å²) < 4.78 is 5.30. The molecular weight excluding hydrogens is 463 g/mol. The Morgan fingerprint density at radius 2 is 2.00 bits per heavy atom. The van der Waals surface area contributed by atoms with Crippen LogP contribution in [0.5, 0.6) is 0 Å².